The molecule has 23 heavy (non-hydrogen) atoms. The van der Waals surface area contributed by atoms with E-state index in [0.717, 1.165) is 37.5 Å². The Balaban J connectivity index is 1.16. The summed E-state index contributed by atoms with van der Waals surface area (Å²) < 4.78 is 11.7. The van der Waals surface area contributed by atoms with E-state index in [4.69, 9.17) is 19.2 Å². The number of carbonyl (C=O) groups is 1. The summed E-state index contributed by atoms with van der Waals surface area (Å²) in [5.74, 6) is 1.91. The highest BCUT2D eigenvalue weighted by molar-refractivity contribution is 5.72. The van der Waals surface area contributed by atoms with Gasteiger partial charge in [-0.2, -0.15) is 9.78 Å². The fourth-order valence-corrected chi connectivity index (χ4v) is 7.20. The highest BCUT2D eigenvalue weighted by atomic mass is 17.3. The Kier molecular flexibility index (Phi) is 2.34. The van der Waals surface area contributed by atoms with E-state index in [1.54, 1.807) is 0 Å². The maximum absolute atomic E-state index is 11.9. The van der Waals surface area contributed by atoms with Crippen molar-refractivity contribution in [3.05, 3.63) is 0 Å². The third-order valence-corrected chi connectivity index (χ3v) is 8.24. The number of fused-ring (bicyclic) bond motifs is 2. The molecule has 0 amide bonds. The molecule has 0 aromatic rings. The van der Waals surface area contributed by atoms with Gasteiger partial charge in [-0.25, -0.2) is 0 Å². The Morgan fingerprint density at radius 2 is 1.78 bits per heavy atom. The van der Waals surface area contributed by atoms with Crippen LogP contribution >= 0.6 is 0 Å². The molecule has 1 heterocycles. The van der Waals surface area contributed by atoms with Gasteiger partial charge in [-0.05, 0) is 56.3 Å². The standard InChI is InChI=1S/C18H24O5/c1-2-20-15(19)10-3-5-16(6-4-10)21-18(23-22-16)13-8-11-7-12-9-14(18)17(11,12)13/h10-14H,2-9H2,1H3. The van der Waals surface area contributed by atoms with Crippen molar-refractivity contribution in [3.8, 4) is 0 Å². The molecule has 5 heteroatoms. The van der Waals surface area contributed by atoms with Crippen molar-refractivity contribution in [2.75, 3.05) is 6.61 Å². The van der Waals surface area contributed by atoms with Crippen molar-refractivity contribution in [3.63, 3.8) is 0 Å². The second-order valence-corrected chi connectivity index (χ2v) is 8.63. The molecule has 0 radical (unpaired) electrons. The lowest BCUT2D eigenvalue weighted by Crippen LogP contribution is -2.90. The van der Waals surface area contributed by atoms with Crippen molar-refractivity contribution in [1.29, 1.82) is 0 Å². The maximum Gasteiger partial charge on any atom is 0.308 e. The zero-order valence-electron chi connectivity index (χ0n) is 13.6. The molecule has 1 saturated heterocycles. The van der Waals surface area contributed by atoms with Crippen LogP contribution in [-0.2, 0) is 24.0 Å². The van der Waals surface area contributed by atoms with Crippen LogP contribution < -0.4 is 0 Å². The quantitative estimate of drug-likeness (QED) is 0.578. The fourth-order valence-electron chi connectivity index (χ4n) is 7.20. The van der Waals surface area contributed by atoms with Gasteiger partial charge in [0.15, 0.2) is 0 Å². The van der Waals surface area contributed by atoms with E-state index >= 15 is 0 Å². The summed E-state index contributed by atoms with van der Waals surface area (Å²) in [6, 6.07) is 0. The molecular formula is C18H24O5. The second kappa shape index (κ2) is 3.94. The first kappa shape index (κ1) is 13.6. The van der Waals surface area contributed by atoms with Gasteiger partial charge in [0, 0.05) is 24.7 Å². The summed E-state index contributed by atoms with van der Waals surface area (Å²) >= 11 is 0. The third-order valence-electron chi connectivity index (χ3n) is 8.24. The Morgan fingerprint density at radius 1 is 1.09 bits per heavy atom. The van der Waals surface area contributed by atoms with E-state index in [0.29, 0.717) is 23.9 Å². The zero-order valence-corrected chi connectivity index (χ0v) is 13.6. The van der Waals surface area contributed by atoms with E-state index in [-0.39, 0.29) is 11.9 Å². The number of esters is 1. The van der Waals surface area contributed by atoms with E-state index in [2.05, 4.69) is 0 Å². The third kappa shape index (κ3) is 1.27. The minimum absolute atomic E-state index is 0.00939. The molecule has 5 aliphatic carbocycles. The first-order valence-electron chi connectivity index (χ1n) is 9.38. The number of carbonyl (C=O) groups excluding carboxylic acids is 1. The molecule has 6 aliphatic rings. The molecule has 5 saturated carbocycles. The molecule has 6 fully saturated rings. The van der Waals surface area contributed by atoms with Gasteiger partial charge < -0.3 is 9.47 Å². The topological polar surface area (TPSA) is 54.0 Å². The zero-order chi connectivity index (χ0) is 15.4. The molecule has 0 bridgehead atoms. The molecule has 0 N–H and O–H groups in total. The average molecular weight is 320 g/mol. The van der Waals surface area contributed by atoms with Crippen LogP contribution in [0, 0.1) is 35.0 Å². The Labute approximate surface area is 135 Å². The van der Waals surface area contributed by atoms with Gasteiger partial charge in [-0.15, -0.1) is 0 Å². The molecule has 4 unspecified atom stereocenters. The second-order valence-electron chi connectivity index (χ2n) is 8.63. The van der Waals surface area contributed by atoms with Crippen LogP contribution in [0.5, 0.6) is 0 Å². The van der Waals surface area contributed by atoms with Gasteiger partial charge in [0.1, 0.15) is 0 Å². The Bertz CT molecular complexity index is 556. The van der Waals surface area contributed by atoms with Crippen LogP contribution in [0.15, 0.2) is 0 Å². The van der Waals surface area contributed by atoms with E-state index in [1.807, 2.05) is 6.92 Å². The summed E-state index contributed by atoms with van der Waals surface area (Å²) in [5.41, 5.74) is 0.594. The lowest BCUT2D eigenvalue weighted by molar-refractivity contribution is -0.537. The number of rotatable bonds is 2. The summed E-state index contributed by atoms with van der Waals surface area (Å²) in [5, 5.41) is 0. The highest BCUT2D eigenvalue weighted by Gasteiger charge is 2.93. The van der Waals surface area contributed by atoms with E-state index in [1.165, 1.54) is 19.3 Å². The molecular weight excluding hydrogens is 296 g/mol. The lowest BCUT2D eigenvalue weighted by Gasteiger charge is -2.89. The summed E-state index contributed by atoms with van der Waals surface area (Å²) in [6.07, 6.45) is 6.97. The number of ether oxygens (including phenoxy) is 2. The highest BCUT2D eigenvalue weighted by Crippen LogP contribution is 2.92. The minimum atomic E-state index is -0.607. The fraction of sp³-hybridized carbons (Fsp3) is 0.944. The molecule has 0 aromatic heterocycles. The minimum Gasteiger partial charge on any atom is -0.466 e. The predicted octanol–water partition coefficient (Wildman–Crippen LogP) is 2.79. The number of hydrogen-bond acceptors (Lipinski definition) is 5. The van der Waals surface area contributed by atoms with Gasteiger partial charge >= 0.3 is 5.97 Å². The molecule has 0 aromatic carbocycles. The Hall–Kier alpha value is -0.650. The monoisotopic (exact) mass is 320 g/mol. The maximum atomic E-state index is 11.9. The summed E-state index contributed by atoms with van der Waals surface area (Å²) in [4.78, 5) is 23.6. The van der Waals surface area contributed by atoms with Crippen molar-refractivity contribution in [2.45, 2.75) is 63.4 Å². The van der Waals surface area contributed by atoms with Gasteiger partial charge in [0.2, 0.25) is 11.6 Å². The first-order chi connectivity index (χ1) is 11.1. The normalized spacial score (nSPS) is 60.8. The SMILES string of the molecule is CCOC(=O)C1CCC2(CC1)OOC1(O2)C2CC3CC4CC1C342. The number of hydrogen-bond donors (Lipinski definition) is 0. The van der Waals surface area contributed by atoms with Crippen LogP contribution in [-0.4, -0.2) is 24.2 Å². The summed E-state index contributed by atoms with van der Waals surface area (Å²) in [7, 11) is 0. The van der Waals surface area contributed by atoms with Crippen LogP contribution in [0.3, 0.4) is 0 Å². The van der Waals surface area contributed by atoms with Gasteiger partial charge in [0.25, 0.3) is 0 Å². The van der Waals surface area contributed by atoms with E-state index < -0.39 is 11.6 Å². The first-order valence-corrected chi connectivity index (χ1v) is 9.38. The Morgan fingerprint density at radius 3 is 2.39 bits per heavy atom. The lowest BCUT2D eigenvalue weighted by atomic mass is 9.16. The van der Waals surface area contributed by atoms with Gasteiger partial charge in [0.05, 0.1) is 12.5 Å². The predicted molar refractivity (Wildman–Crippen MR) is 77.6 cm³/mol. The largest absolute Gasteiger partial charge is 0.466 e. The van der Waals surface area contributed by atoms with Gasteiger partial charge in [-0.3, -0.25) is 4.79 Å². The van der Waals surface area contributed by atoms with Crippen molar-refractivity contribution in [1.82, 2.24) is 0 Å². The molecule has 4 atom stereocenters. The molecule has 6 rings (SSSR count). The van der Waals surface area contributed by atoms with Crippen molar-refractivity contribution < 1.29 is 24.0 Å². The molecule has 5 nitrogen and oxygen atoms in total. The molecule has 3 spiro atoms. The molecule has 126 valence electrons. The van der Waals surface area contributed by atoms with Gasteiger partial charge in [-0.1, -0.05) is 0 Å². The average Bonchev–Trinajstić information content (AvgIpc) is 2.85. The van der Waals surface area contributed by atoms with Crippen LogP contribution in [0.2, 0.25) is 0 Å². The van der Waals surface area contributed by atoms with E-state index in [9.17, 15) is 4.79 Å². The molecule has 1 aliphatic heterocycles. The van der Waals surface area contributed by atoms with Crippen LogP contribution in [0.1, 0.15) is 51.9 Å². The van der Waals surface area contributed by atoms with Crippen LogP contribution in [0.25, 0.3) is 0 Å². The summed E-state index contributed by atoms with van der Waals surface area (Å²) in [6.45, 7) is 2.31. The van der Waals surface area contributed by atoms with Crippen molar-refractivity contribution in [2.24, 2.45) is 35.0 Å². The smallest absolute Gasteiger partial charge is 0.308 e. The van der Waals surface area contributed by atoms with Crippen LogP contribution in [0.4, 0.5) is 0 Å². The van der Waals surface area contributed by atoms with Crippen molar-refractivity contribution >= 4 is 5.97 Å².